The number of piperidine rings is 1. The van der Waals surface area contributed by atoms with Crippen molar-refractivity contribution in [2.45, 2.75) is 59.0 Å². The lowest BCUT2D eigenvalue weighted by atomic mass is 10.1. The van der Waals surface area contributed by atoms with E-state index in [0.29, 0.717) is 0 Å². The molecule has 1 saturated carbocycles. The highest BCUT2D eigenvalue weighted by Gasteiger charge is 2.38. The van der Waals surface area contributed by atoms with Gasteiger partial charge in [-0.15, -0.1) is 0 Å². The van der Waals surface area contributed by atoms with Gasteiger partial charge in [-0.3, -0.25) is 4.90 Å². The third-order valence-electron chi connectivity index (χ3n) is 3.11. The Labute approximate surface area is 77.1 Å². The standard InChI is InChI=1S/C9H17N.C2H6/c1-7(2)10-6-8-3-4-9(10)5-8;1-2/h7-9H,3-6H2,1-2H3;1-2H3/t8-,9+;/m0./s1. The van der Waals surface area contributed by atoms with Gasteiger partial charge in [0.2, 0.25) is 0 Å². The van der Waals surface area contributed by atoms with Crippen LogP contribution in [0.1, 0.15) is 47.0 Å². The van der Waals surface area contributed by atoms with Crippen molar-refractivity contribution in [3.63, 3.8) is 0 Å². The van der Waals surface area contributed by atoms with E-state index in [1.54, 1.807) is 0 Å². The molecule has 0 N–H and O–H groups in total. The molecule has 1 heterocycles. The Morgan fingerprint density at radius 2 is 1.83 bits per heavy atom. The molecule has 1 aliphatic carbocycles. The highest BCUT2D eigenvalue weighted by molar-refractivity contribution is 4.93. The molecule has 1 heteroatoms. The van der Waals surface area contributed by atoms with E-state index in [1.807, 2.05) is 13.8 Å². The number of nitrogens with zero attached hydrogens (tertiary/aromatic N) is 1. The van der Waals surface area contributed by atoms with Crippen LogP contribution in [0, 0.1) is 5.92 Å². The summed E-state index contributed by atoms with van der Waals surface area (Å²) in [4.78, 5) is 2.67. The molecule has 0 aromatic rings. The Bertz CT molecular complexity index is 131. The van der Waals surface area contributed by atoms with Gasteiger partial charge in [-0.1, -0.05) is 13.8 Å². The molecule has 1 nitrogen and oxygen atoms in total. The van der Waals surface area contributed by atoms with Crippen molar-refractivity contribution < 1.29 is 0 Å². The van der Waals surface area contributed by atoms with Gasteiger partial charge in [0.05, 0.1) is 0 Å². The summed E-state index contributed by atoms with van der Waals surface area (Å²) in [6.07, 6.45) is 4.48. The predicted molar refractivity (Wildman–Crippen MR) is 54.3 cm³/mol. The average molecular weight is 169 g/mol. The Morgan fingerprint density at radius 3 is 2.08 bits per heavy atom. The Kier molecular flexibility index (Phi) is 3.57. The maximum absolute atomic E-state index is 2.67. The largest absolute Gasteiger partial charge is 0.298 e. The smallest absolute Gasteiger partial charge is 0.0101 e. The maximum atomic E-state index is 2.67. The van der Waals surface area contributed by atoms with Crippen LogP contribution >= 0.6 is 0 Å². The summed E-state index contributed by atoms with van der Waals surface area (Å²) in [5, 5.41) is 0. The molecule has 72 valence electrons. The topological polar surface area (TPSA) is 3.24 Å². The van der Waals surface area contributed by atoms with Crippen LogP contribution in [-0.2, 0) is 0 Å². The molecular formula is C11H23N. The molecular weight excluding hydrogens is 146 g/mol. The van der Waals surface area contributed by atoms with E-state index in [1.165, 1.54) is 25.8 Å². The third-order valence-corrected chi connectivity index (χ3v) is 3.11. The lowest BCUT2D eigenvalue weighted by Crippen LogP contribution is -2.37. The van der Waals surface area contributed by atoms with Crippen LogP contribution < -0.4 is 0 Å². The molecule has 2 bridgehead atoms. The summed E-state index contributed by atoms with van der Waals surface area (Å²) >= 11 is 0. The maximum Gasteiger partial charge on any atom is 0.0101 e. The molecule has 2 rings (SSSR count). The fourth-order valence-electron chi connectivity index (χ4n) is 2.60. The Morgan fingerprint density at radius 1 is 1.17 bits per heavy atom. The molecule has 1 aliphatic heterocycles. The zero-order valence-corrected chi connectivity index (χ0v) is 9.01. The summed E-state index contributed by atoms with van der Waals surface area (Å²) in [5.74, 6) is 1.06. The van der Waals surface area contributed by atoms with Crippen LogP contribution in [0.25, 0.3) is 0 Å². The molecule has 2 atom stereocenters. The molecule has 2 aliphatic rings. The minimum Gasteiger partial charge on any atom is -0.298 e. The minimum absolute atomic E-state index is 0.787. The van der Waals surface area contributed by atoms with Gasteiger partial charge in [0.15, 0.2) is 0 Å². The van der Waals surface area contributed by atoms with Gasteiger partial charge in [-0.05, 0) is 39.0 Å². The van der Waals surface area contributed by atoms with Gasteiger partial charge in [-0.25, -0.2) is 0 Å². The summed E-state index contributed by atoms with van der Waals surface area (Å²) in [7, 11) is 0. The second kappa shape index (κ2) is 4.27. The predicted octanol–water partition coefficient (Wildman–Crippen LogP) is 2.91. The molecule has 0 spiro atoms. The SMILES string of the molecule is CC.CC(C)N1C[C@H]2CC[C@@H]1C2. The van der Waals surface area contributed by atoms with Crippen LogP contribution in [0.5, 0.6) is 0 Å². The van der Waals surface area contributed by atoms with Gasteiger partial charge in [0.1, 0.15) is 0 Å². The normalized spacial score (nSPS) is 33.8. The summed E-state index contributed by atoms with van der Waals surface area (Å²) in [6, 6.07) is 1.75. The van der Waals surface area contributed by atoms with E-state index < -0.39 is 0 Å². The zero-order valence-electron chi connectivity index (χ0n) is 9.01. The summed E-state index contributed by atoms with van der Waals surface area (Å²) < 4.78 is 0. The zero-order chi connectivity index (χ0) is 9.14. The summed E-state index contributed by atoms with van der Waals surface area (Å²) in [6.45, 7) is 10.0. The highest BCUT2D eigenvalue weighted by atomic mass is 15.2. The van der Waals surface area contributed by atoms with Crippen LogP contribution in [0.15, 0.2) is 0 Å². The summed E-state index contributed by atoms with van der Waals surface area (Å²) in [5.41, 5.74) is 0. The number of hydrogen-bond acceptors (Lipinski definition) is 1. The van der Waals surface area contributed by atoms with Crippen molar-refractivity contribution in [1.29, 1.82) is 0 Å². The molecule has 0 aromatic carbocycles. The van der Waals surface area contributed by atoms with Crippen molar-refractivity contribution in [3.8, 4) is 0 Å². The average Bonchev–Trinajstić information content (AvgIpc) is 2.67. The van der Waals surface area contributed by atoms with Gasteiger partial charge < -0.3 is 0 Å². The molecule has 12 heavy (non-hydrogen) atoms. The molecule has 0 aromatic heterocycles. The van der Waals surface area contributed by atoms with Crippen LogP contribution in [0.3, 0.4) is 0 Å². The van der Waals surface area contributed by atoms with Crippen molar-refractivity contribution in [3.05, 3.63) is 0 Å². The quantitative estimate of drug-likeness (QED) is 0.583. The van der Waals surface area contributed by atoms with Crippen LogP contribution in [0.2, 0.25) is 0 Å². The van der Waals surface area contributed by atoms with Crippen LogP contribution in [-0.4, -0.2) is 23.5 Å². The van der Waals surface area contributed by atoms with E-state index in [4.69, 9.17) is 0 Å². The van der Waals surface area contributed by atoms with E-state index >= 15 is 0 Å². The molecule has 0 radical (unpaired) electrons. The minimum atomic E-state index is 0.787. The second-order valence-electron chi connectivity index (χ2n) is 4.12. The fraction of sp³-hybridized carbons (Fsp3) is 1.00. The van der Waals surface area contributed by atoms with Gasteiger partial charge in [0.25, 0.3) is 0 Å². The first-order valence-electron chi connectivity index (χ1n) is 5.53. The number of hydrogen-bond donors (Lipinski definition) is 0. The van der Waals surface area contributed by atoms with Crippen molar-refractivity contribution in [2.24, 2.45) is 5.92 Å². The van der Waals surface area contributed by atoms with Crippen molar-refractivity contribution in [2.75, 3.05) is 6.54 Å². The van der Waals surface area contributed by atoms with Gasteiger partial charge >= 0.3 is 0 Å². The number of fused-ring (bicyclic) bond motifs is 2. The van der Waals surface area contributed by atoms with E-state index in [0.717, 1.165) is 18.0 Å². The Hall–Kier alpha value is -0.0400. The van der Waals surface area contributed by atoms with Crippen molar-refractivity contribution >= 4 is 0 Å². The number of likely N-dealkylation sites (tertiary alicyclic amines) is 1. The van der Waals surface area contributed by atoms with Gasteiger partial charge in [-0.2, -0.15) is 0 Å². The highest BCUT2D eigenvalue weighted by Crippen LogP contribution is 2.38. The fourth-order valence-corrected chi connectivity index (χ4v) is 2.60. The first-order valence-corrected chi connectivity index (χ1v) is 5.53. The van der Waals surface area contributed by atoms with E-state index in [2.05, 4.69) is 18.7 Å². The van der Waals surface area contributed by atoms with Gasteiger partial charge in [0, 0.05) is 18.6 Å². The van der Waals surface area contributed by atoms with Crippen LogP contribution in [0.4, 0.5) is 0 Å². The molecule has 1 saturated heterocycles. The number of rotatable bonds is 1. The molecule has 2 fully saturated rings. The second-order valence-corrected chi connectivity index (χ2v) is 4.12. The Balaban J connectivity index is 0.000000336. The van der Waals surface area contributed by atoms with Crippen molar-refractivity contribution in [1.82, 2.24) is 4.90 Å². The first-order chi connectivity index (χ1) is 5.77. The van der Waals surface area contributed by atoms with E-state index in [9.17, 15) is 0 Å². The molecule has 0 amide bonds. The van der Waals surface area contributed by atoms with E-state index in [-0.39, 0.29) is 0 Å². The monoisotopic (exact) mass is 169 g/mol. The lowest BCUT2D eigenvalue weighted by molar-refractivity contribution is 0.170. The lowest BCUT2D eigenvalue weighted by Gasteiger charge is -2.30. The molecule has 0 unspecified atom stereocenters. The third kappa shape index (κ3) is 1.82. The first kappa shape index (κ1) is 10.0.